The van der Waals surface area contributed by atoms with Gasteiger partial charge in [-0.15, -0.1) is 0 Å². The molecule has 2 atom stereocenters. The molecule has 1 heterocycles. The monoisotopic (exact) mass is 333 g/mol. The van der Waals surface area contributed by atoms with Crippen LogP contribution in [0.5, 0.6) is 0 Å². The largest absolute Gasteiger partial charge is 0.339 e. The minimum atomic E-state index is -0.364. The molecule has 0 aromatic heterocycles. The molecule has 24 heavy (non-hydrogen) atoms. The van der Waals surface area contributed by atoms with Crippen LogP contribution in [0, 0.1) is 17.7 Å². The highest BCUT2D eigenvalue weighted by Gasteiger charge is 2.49. The molecule has 1 aliphatic carbocycles. The van der Waals surface area contributed by atoms with Crippen molar-refractivity contribution in [3.8, 4) is 0 Å². The maximum Gasteiger partial charge on any atom is 0.228 e. The Kier molecular flexibility index (Phi) is 4.51. The number of anilines is 1. The third kappa shape index (κ3) is 3.55. The molecule has 1 N–H and O–H groups in total. The summed E-state index contributed by atoms with van der Waals surface area (Å²) >= 11 is 0. The maximum absolute atomic E-state index is 12.9. The zero-order chi connectivity index (χ0) is 17.3. The van der Waals surface area contributed by atoms with Gasteiger partial charge in [-0.2, -0.15) is 0 Å². The number of carbonyl (C=O) groups is 3. The number of benzene rings is 1. The van der Waals surface area contributed by atoms with Gasteiger partial charge >= 0.3 is 0 Å². The Balaban J connectivity index is 1.49. The van der Waals surface area contributed by atoms with Gasteiger partial charge in [0.15, 0.2) is 0 Å². The minimum absolute atomic E-state index is 0.0162. The summed E-state index contributed by atoms with van der Waals surface area (Å²) < 4.78 is 12.9. The number of amides is 3. The number of carbonyl (C=O) groups excluding carboxylic acids is 3. The molecule has 6 nitrogen and oxygen atoms in total. The van der Waals surface area contributed by atoms with Gasteiger partial charge in [-0.05, 0) is 30.7 Å². The van der Waals surface area contributed by atoms with Crippen LogP contribution < -0.4 is 5.32 Å². The molecule has 7 heteroatoms. The molecule has 2 fully saturated rings. The third-order valence-electron chi connectivity index (χ3n) is 4.59. The highest BCUT2D eigenvalue weighted by atomic mass is 19.1. The first-order valence-corrected chi connectivity index (χ1v) is 8.06. The first-order chi connectivity index (χ1) is 11.5. The summed E-state index contributed by atoms with van der Waals surface area (Å²) in [6.07, 6.45) is 0.540. The van der Waals surface area contributed by atoms with E-state index in [0.29, 0.717) is 38.3 Å². The van der Waals surface area contributed by atoms with Gasteiger partial charge in [-0.25, -0.2) is 4.39 Å². The van der Waals surface area contributed by atoms with E-state index in [4.69, 9.17) is 0 Å². The molecule has 2 aliphatic rings. The van der Waals surface area contributed by atoms with Crippen LogP contribution in [-0.2, 0) is 14.4 Å². The molecule has 1 aromatic rings. The fourth-order valence-corrected chi connectivity index (χ4v) is 3.00. The van der Waals surface area contributed by atoms with E-state index in [1.807, 2.05) is 0 Å². The quantitative estimate of drug-likeness (QED) is 0.900. The molecule has 0 bridgehead atoms. The van der Waals surface area contributed by atoms with Gasteiger partial charge in [-0.3, -0.25) is 14.4 Å². The molecule has 0 radical (unpaired) electrons. The number of rotatable bonds is 3. The lowest BCUT2D eigenvalue weighted by molar-refractivity contribution is -0.139. The summed E-state index contributed by atoms with van der Waals surface area (Å²) in [4.78, 5) is 39.4. The summed E-state index contributed by atoms with van der Waals surface area (Å²) in [7, 11) is 0. The Bertz CT molecular complexity index is 654. The third-order valence-corrected chi connectivity index (χ3v) is 4.59. The summed E-state index contributed by atoms with van der Waals surface area (Å²) in [6.45, 7) is 3.64. The molecular formula is C17H20FN3O3. The Morgan fingerprint density at radius 1 is 1.00 bits per heavy atom. The SMILES string of the molecule is CC(=O)N1CCN(C(=O)C2CC2C(=O)Nc2ccc(F)cc2)CC1. The predicted octanol–water partition coefficient (Wildman–Crippen LogP) is 1.09. The van der Waals surface area contributed by atoms with E-state index >= 15 is 0 Å². The van der Waals surface area contributed by atoms with Gasteiger partial charge in [0.05, 0.1) is 11.8 Å². The van der Waals surface area contributed by atoms with Crippen molar-refractivity contribution < 1.29 is 18.8 Å². The van der Waals surface area contributed by atoms with Crippen molar-refractivity contribution >= 4 is 23.4 Å². The molecule has 0 spiro atoms. The number of halogens is 1. The summed E-state index contributed by atoms with van der Waals surface area (Å²) in [5.41, 5.74) is 0.523. The van der Waals surface area contributed by atoms with Crippen LogP contribution in [0.2, 0.25) is 0 Å². The van der Waals surface area contributed by atoms with E-state index in [2.05, 4.69) is 5.32 Å². The van der Waals surface area contributed by atoms with Gasteiger partial charge in [0.1, 0.15) is 5.82 Å². The van der Waals surface area contributed by atoms with Crippen LogP contribution in [0.1, 0.15) is 13.3 Å². The van der Waals surface area contributed by atoms with Gasteiger partial charge < -0.3 is 15.1 Å². The summed E-state index contributed by atoms with van der Waals surface area (Å²) in [5.74, 6) is -1.18. The summed E-state index contributed by atoms with van der Waals surface area (Å²) in [6, 6.07) is 5.54. The zero-order valence-corrected chi connectivity index (χ0v) is 13.5. The van der Waals surface area contributed by atoms with Crippen molar-refractivity contribution in [1.29, 1.82) is 0 Å². The van der Waals surface area contributed by atoms with Crippen molar-refractivity contribution in [3.63, 3.8) is 0 Å². The number of piperazine rings is 1. The second-order valence-electron chi connectivity index (χ2n) is 6.28. The van der Waals surface area contributed by atoms with Crippen LogP contribution >= 0.6 is 0 Å². The normalized spacial score (nSPS) is 22.9. The molecule has 3 amide bonds. The Labute approximate surface area is 139 Å². The van der Waals surface area contributed by atoms with Crippen molar-refractivity contribution in [2.45, 2.75) is 13.3 Å². The minimum Gasteiger partial charge on any atom is -0.339 e. The number of nitrogens with zero attached hydrogens (tertiary/aromatic N) is 2. The smallest absolute Gasteiger partial charge is 0.228 e. The van der Waals surface area contributed by atoms with Gasteiger partial charge in [0.25, 0.3) is 0 Å². The molecule has 1 saturated heterocycles. The van der Waals surface area contributed by atoms with Crippen LogP contribution in [0.25, 0.3) is 0 Å². The Morgan fingerprint density at radius 3 is 2.17 bits per heavy atom. The van der Waals surface area contributed by atoms with E-state index in [1.165, 1.54) is 31.2 Å². The lowest BCUT2D eigenvalue weighted by Crippen LogP contribution is -2.50. The van der Waals surface area contributed by atoms with Crippen LogP contribution in [0.3, 0.4) is 0 Å². The lowest BCUT2D eigenvalue weighted by Gasteiger charge is -2.34. The molecule has 1 aromatic carbocycles. The Morgan fingerprint density at radius 2 is 1.58 bits per heavy atom. The van der Waals surface area contributed by atoms with E-state index in [-0.39, 0.29) is 35.4 Å². The van der Waals surface area contributed by atoms with E-state index < -0.39 is 0 Å². The molecule has 128 valence electrons. The lowest BCUT2D eigenvalue weighted by atomic mass is 10.2. The first-order valence-electron chi connectivity index (χ1n) is 8.06. The second-order valence-corrected chi connectivity index (χ2v) is 6.28. The number of nitrogens with one attached hydrogen (secondary N) is 1. The second kappa shape index (κ2) is 6.59. The van der Waals surface area contributed by atoms with Crippen molar-refractivity contribution in [2.75, 3.05) is 31.5 Å². The Hall–Kier alpha value is -2.44. The van der Waals surface area contributed by atoms with Crippen molar-refractivity contribution in [1.82, 2.24) is 9.80 Å². The molecule has 1 aliphatic heterocycles. The molecular weight excluding hydrogens is 313 g/mol. The molecule has 2 unspecified atom stereocenters. The number of hydrogen-bond donors (Lipinski definition) is 1. The van der Waals surface area contributed by atoms with Crippen LogP contribution in [0.4, 0.5) is 10.1 Å². The fourth-order valence-electron chi connectivity index (χ4n) is 3.00. The van der Waals surface area contributed by atoms with E-state index in [9.17, 15) is 18.8 Å². The number of hydrogen-bond acceptors (Lipinski definition) is 3. The standard InChI is InChI=1S/C17H20FN3O3/c1-11(22)20-6-8-21(9-7-20)17(24)15-10-14(15)16(23)19-13-4-2-12(18)3-5-13/h2-5,14-15H,6-10H2,1H3,(H,19,23). The highest BCUT2D eigenvalue weighted by Crippen LogP contribution is 2.41. The average molecular weight is 333 g/mol. The zero-order valence-electron chi connectivity index (χ0n) is 13.5. The van der Waals surface area contributed by atoms with E-state index in [1.54, 1.807) is 9.80 Å². The average Bonchev–Trinajstić information content (AvgIpc) is 3.37. The van der Waals surface area contributed by atoms with Gasteiger partial charge in [0, 0.05) is 38.8 Å². The van der Waals surface area contributed by atoms with Gasteiger partial charge in [-0.1, -0.05) is 0 Å². The molecule has 1 saturated carbocycles. The highest BCUT2D eigenvalue weighted by molar-refractivity contribution is 5.99. The van der Waals surface area contributed by atoms with Gasteiger partial charge in [0.2, 0.25) is 17.7 Å². The summed E-state index contributed by atoms with van der Waals surface area (Å²) in [5, 5.41) is 2.71. The van der Waals surface area contributed by atoms with Crippen LogP contribution in [-0.4, -0.2) is 53.7 Å². The maximum atomic E-state index is 12.9. The predicted molar refractivity (Wildman–Crippen MR) is 85.5 cm³/mol. The van der Waals surface area contributed by atoms with Crippen molar-refractivity contribution in [2.24, 2.45) is 11.8 Å². The van der Waals surface area contributed by atoms with Crippen molar-refractivity contribution in [3.05, 3.63) is 30.1 Å². The molecule has 3 rings (SSSR count). The topological polar surface area (TPSA) is 69.7 Å². The fraction of sp³-hybridized carbons (Fsp3) is 0.471. The van der Waals surface area contributed by atoms with Crippen LogP contribution in [0.15, 0.2) is 24.3 Å². The van der Waals surface area contributed by atoms with E-state index in [0.717, 1.165) is 0 Å². The first kappa shape index (κ1) is 16.4.